The Kier molecular flexibility index (Phi) is 2.10. The van der Waals surface area contributed by atoms with E-state index in [-0.39, 0.29) is 12.1 Å². The topological polar surface area (TPSA) is 61.3 Å². The van der Waals surface area contributed by atoms with Crippen LogP contribution in [0.5, 0.6) is 0 Å². The van der Waals surface area contributed by atoms with Crippen molar-refractivity contribution in [3.05, 3.63) is 18.0 Å². The molecule has 2 heterocycles. The first-order valence-corrected chi connectivity index (χ1v) is 4.15. The second-order valence-corrected chi connectivity index (χ2v) is 2.99. The maximum absolute atomic E-state index is 5.89. The summed E-state index contributed by atoms with van der Waals surface area (Å²) in [7, 11) is 0. The number of ether oxygens (including phenoxy) is 1. The van der Waals surface area contributed by atoms with Gasteiger partial charge in [0.25, 0.3) is 0 Å². The quantitative estimate of drug-likeness (QED) is 0.711. The highest BCUT2D eigenvalue weighted by Crippen LogP contribution is 2.24. The van der Waals surface area contributed by atoms with Gasteiger partial charge in [0.1, 0.15) is 0 Å². The Morgan fingerprint density at radius 2 is 2.58 bits per heavy atom. The van der Waals surface area contributed by atoms with E-state index in [1.165, 1.54) is 0 Å². The van der Waals surface area contributed by atoms with Crippen LogP contribution in [0.2, 0.25) is 0 Å². The van der Waals surface area contributed by atoms with Gasteiger partial charge in [0.15, 0.2) is 5.76 Å². The molecule has 2 rings (SSSR count). The van der Waals surface area contributed by atoms with Crippen LogP contribution < -0.4 is 5.73 Å². The lowest BCUT2D eigenvalue weighted by atomic mass is 10.1. The summed E-state index contributed by atoms with van der Waals surface area (Å²) in [5.74, 6) is 0.710. The zero-order valence-corrected chi connectivity index (χ0v) is 6.77. The summed E-state index contributed by atoms with van der Waals surface area (Å²) in [5, 5.41) is 3.60. The second kappa shape index (κ2) is 3.25. The van der Waals surface area contributed by atoms with Crippen molar-refractivity contribution in [3.8, 4) is 0 Å². The summed E-state index contributed by atoms with van der Waals surface area (Å²) < 4.78 is 10.4. The zero-order chi connectivity index (χ0) is 8.39. The Labute approximate surface area is 70.7 Å². The minimum absolute atomic E-state index is 0.109. The molecule has 2 unspecified atom stereocenters. The summed E-state index contributed by atoms with van der Waals surface area (Å²) in [5.41, 5.74) is 5.89. The molecule has 1 aliphatic rings. The molecule has 1 saturated heterocycles. The van der Waals surface area contributed by atoms with Crippen LogP contribution in [0.3, 0.4) is 0 Å². The van der Waals surface area contributed by atoms with Crippen LogP contribution in [0.15, 0.2) is 16.8 Å². The number of nitrogens with zero attached hydrogens (tertiary/aromatic N) is 1. The standard InChI is InChI=1S/C8H12N2O2/c9-8(6-2-1-5-11-6)7-3-4-10-12-7/h3-4,6,8H,1-2,5,9H2. The molecule has 4 heteroatoms. The molecule has 0 aliphatic carbocycles. The molecular formula is C8H12N2O2. The van der Waals surface area contributed by atoms with Crippen LogP contribution in [-0.4, -0.2) is 17.9 Å². The van der Waals surface area contributed by atoms with E-state index in [0.29, 0.717) is 5.76 Å². The van der Waals surface area contributed by atoms with Gasteiger partial charge < -0.3 is 15.0 Å². The predicted molar refractivity (Wildman–Crippen MR) is 42.4 cm³/mol. The summed E-state index contributed by atoms with van der Waals surface area (Å²) in [6.07, 6.45) is 3.82. The number of rotatable bonds is 2. The zero-order valence-electron chi connectivity index (χ0n) is 6.77. The highest BCUT2D eigenvalue weighted by atomic mass is 16.5. The summed E-state index contributed by atoms with van der Waals surface area (Å²) in [6.45, 7) is 0.812. The molecule has 4 nitrogen and oxygen atoms in total. The van der Waals surface area contributed by atoms with Gasteiger partial charge in [-0.1, -0.05) is 5.16 Å². The lowest BCUT2D eigenvalue weighted by Gasteiger charge is -2.14. The van der Waals surface area contributed by atoms with E-state index in [1.54, 1.807) is 12.3 Å². The summed E-state index contributed by atoms with van der Waals surface area (Å²) in [4.78, 5) is 0. The molecular weight excluding hydrogens is 156 g/mol. The Balaban J connectivity index is 2.04. The van der Waals surface area contributed by atoms with E-state index in [2.05, 4.69) is 5.16 Å². The van der Waals surface area contributed by atoms with Crippen LogP contribution in [0.25, 0.3) is 0 Å². The van der Waals surface area contributed by atoms with Crippen molar-refractivity contribution in [1.29, 1.82) is 0 Å². The fourth-order valence-corrected chi connectivity index (χ4v) is 1.47. The number of hydrogen-bond acceptors (Lipinski definition) is 4. The van der Waals surface area contributed by atoms with Gasteiger partial charge in [-0.15, -0.1) is 0 Å². The largest absolute Gasteiger partial charge is 0.376 e. The van der Waals surface area contributed by atoms with E-state index in [9.17, 15) is 0 Å². The molecule has 1 aromatic rings. The van der Waals surface area contributed by atoms with Gasteiger partial charge in [-0.2, -0.15) is 0 Å². The lowest BCUT2D eigenvalue weighted by molar-refractivity contribution is 0.0817. The average Bonchev–Trinajstić information content (AvgIpc) is 2.77. The van der Waals surface area contributed by atoms with Gasteiger partial charge in [0.05, 0.1) is 18.3 Å². The van der Waals surface area contributed by atoms with Crippen molar-refractivity contribution in [3.63, 3.8) is 0 Å². The highest BCUT2D eigenvalue weighted by Gasteiger charge is 2.26. The van der Waals surface area contributed by atoms with Gasteiger partial charge in [0.2, 0.25) is 0 Å². The molecule has 0 saturated carbocycles. The van der Waals surface area contributed by atoms with Crippen molar-refractivity contribution in [2.24, 2.45) is 5.73 Å². The molecule has 0 aromatic carbocycles. The summed E-state index contributed by atoms with van der Waals surface area (Å²) in [6, 6.07) is 1.63. The Morgan fingerprint density at radius 3 is 3.17 bits per heavy atom. The third-order valence-electron chi connectivity index (χ3n) is 2.15. The smallest absolute Gasteiger partial charge is 0.156 e. The molecule has 1 aromatic heterocycles. The number of hydrogen-bond donors (Lipinski definition) is 1. The molecule has 2 N–H and O–H groups in total. The number of nitrogens with two attached hydrogens (primary N) is 1. The monoisotopic (exact) mass is 168 g/mol. The van der Waals surface area contributed by atoms with Gasteiger partial charge in [-0.3, -0.25) is 0 Å². The van der Waals surface area contributed by atoms with E-state index in [4.69, 9.17) is 15.0 Å². The highest BCUT2D eigenvalue weighted by molar-refractivity contribution is 5.02. The SMILES string of the molecule is NC(c1ccno1)C1CCCO1. The third kappa shape index (κ3) is 1.35. The first kappa shape index (κ1) is 7.76. The minimum atomic E-state index is -0.157. The predicted octanol–water partition coefficient (Wildman–Crippen LogP) is 0.853. The maximum Gasteiger partial charge on any atom is 0.156 e. The van der Waals surface area contributed by atoms with Gasteiger partial charge >= 0.3 is 0 Å². The normalized spacial score (nSPS) is 25.9. The van der Waals surface area contributed by atoms with Crippen LogP contribution in [0, 0.1) is 0 Å². The van der Waals surface area contributed by atoms with Crippen molar-refractivity contribution in [2.45, 2.75) is 25.0 Å². The van der Waals surface area contributed by atoms with Crippen molar-refractivity contribution < 1.29 is 9.26 Å². The molecule has 0 amide bonds. The summed E-state index contributed by atoms with van der Waals surface area (Å²) >= 11 is 0. The Morgan fingerprint density at radius 1 is 1.67 bits per heavy atom. The van der Waals surface area contributed by atoms with E-state index < -0.39 is 0 Å². The van der Waals surface area contributed by atoms with E-state index >= 15 is 0 Å². The maximum atomic E-state index is 5.89. The molecule has 0 radical (unpaired) electrons. The molecule has 66 valence electrons. The van der Waals surface area contributed by atoms with Gasteiger partial charge in [0, 0.05) is 12.7 Å². The fraction of sp³-hybridized carbons (Fsp3) is 0.625. The van der Waals surface area contributed by atoms with E-state index in [0.717, 1.165) is 19.4 Å². The van der Waals surface area contributed by atoms with E-state index in [1.807, 2.05) is 0 Å². The van der Waals surface area contributed by atoms with Crippen LogP contribution >= 0.6 is 0 Å². The fourth-order valence-electron chi connectivity index (χ4n) is 1.47. The Bertz CT molecular complexity index is 229. The minimum Gasteiger partial charge on any atom is -0.376 e. The first-order chi connectivity index (χ1) is 5.88. The van der Waals surface area contributed by atoms with Crippen molar-refractivity contribution >= 4 is 0 Å². The first-order valence-electron chi connectivity index (χ1n) is 4.15. The molecule has 1 aliphatic heterocycles. The number of aromatic nitrogens is 1. The van der Waals surface area contributed by atoms with Gasteiger partial charge in [-0.05, 0) is 12.8 Å². The Hall–Kier alpha value is -0.870. The van der Waals surface area contributed by atoms with Crippen molar-refractivity contribution in [1.82, 2.24) is 5.16 Å². The van der Waals surface area contributed by atoms with Crippen LogP contribution in [0.1, 0.15) is 24.6 Å². The molecule has 0 spiro atoms. The average molecular weight is 168 g/mol. The second-order valence-electron chi connectivity index (χ2n) is 2.99. The molecule has 1 fully saturated rings. The van der Waals surface area contributed by atoms with Crippen LogP contribution in [-0.2, 0) is 4.74 Å². The molecule has 2 atom stereocenters. The van der Waals surface area contributed by atoms with Gasteiger partial charge in [-0.25, -0.2) is 0 Å². The molecule has 0 bridgehead atoms. The van der Waals surface area contributed by atoms with Crippen molar-refractivity contribution in [2.75, 3.05) is 6.61 Å². The third-order valence-corrected chi connectivity index (χ3v) is 2.15. The van der Waals surface area contributed by atoms with Crippen LogP contribution in [0.4, 0.5) is 0 Å². The molecule has 12 heavy (non-hydrogen) atoms. The lowest BCUT2D eigenvalue weighted by Crippen LogP contribution is -2.24.